The monoisotopic (exact) mass is 1520 g/mol. The van der Waals surface area contributed by atoms with Gasteiger partial charge in [-0.05, 0) is 141 Å². The van der Waals surface area contributed by atoms with Crippen LogP contribution in [0.2, 0.25) is 0 Å². The van der Waals surface area contributed by atoms with E-state index in [4.69, 9.17) is 38.3 Å². The molecule has 0 radical (unpaired) electrons. The molecule has 0 bridgehead atoms. The lowest BCUT2D eigenvalue weighted by Gasteiger charge is -2.35. The minimum atomic E-state index is -4.16. The predicted molar refractivity (Wildman–Crippen MR) is 399 cm³/mol. The highest BCUT2D eigenvalue weighted by Gasteiger charge is 2.29. The van der Waals surface area contributed by atoms with Crippen molar-refractivity contribution in [1.82, 2.24) is 40.3 Å². The van der Waals surface area contributed by atoms with Crippen molar-refractivity contribution in [3.8, 4) is 52.8 Å². The van der Waals surface area contributed by atoms with Gasteiger partial charge in [0.1, 0.15) is 40.2 Å². The van der Waals surface area contributed by atoms with Gasteiger partial charge in [0.15, 0.2) is 19.0 Å². The zero-order valence-corrected chi connectivity index (χ0v) is 63.3. The number of nitrogens with zero attached hydrogens (tertiary/aromatic N) is 6. The predicted octanol–water partition coefficient (Wildman–Crippen LogP) is 6.49. The lowest BCUT2D eigenvalue weighted by molar-refractivity contribution is -0.123. The van der Waals surface area contributed by atoms with Crippen molar-refractivity contribution in [3.05, 3.63) is 160 Å². The third-order valence-electron chi connectivity index (χ3n) is 16.2. The number of hydrogen-bond donors (Lipinski definition) is 7. The Morgan fingerprint density at radius 2 is 0.856 bits per heavy atom. The van der Waals surface area contributed by atoms with E-state index >= 15 is 0 Å². The van der Waals surface area contributed by atoms with Gasteiger partial charge < -0.3 is 39.5 Å². The molecule has 7 rings (SSSR count). The van der Waals surface area contributed by atoms with Crippen molar-refractivity contribution >= 4 is 76.2 Å². The number of rotatable bonds is 34. The largest absolute Gasteiger partial charge is 0.486 e. The van der Waals surface area contributed by atoms with Crippen LogP contribution in [0.15, 0.2) is 109 Å². The minimum Gasteiger partial charge on any atom is -0.486 e. The molecule has 558 valence electrons. The second-order valence-corrected chi connectivity index (χ2v) is 35.3. The lowest BCUT2D eigenvalue weighted by Crippen LogP contribution is -2.44. The number of nitrogens with one attached hydrogen (secondary N) is 2. The Bertz CT molecular complexity index is 4520. The first-order valence-electron chi connectivity index (χ1n) is 34.1. The third kappa shape index (κ3) is 31.0. The van der Waals surface area contributed by atoms with E-state index in [0.29, 0.717) is 107 Å². The van der Waals surface area contributed by atoms with Crippen molar-refractivity contribution in [3.63, 3.8) is 0 Å². The number of ketones is 1. The molecule has 3 aromatic carbocycles. The zero-order valence-electron chi connectivity index (χ0n) is 59.0. The quantitative estimate of drug-likeness (QED) is 0.00982. The van der Waals surface area contributed by atoms with Gasteiger partial charge >= 0.3 is 0 Å². The van der Waals surface area contributed by atoms with Gasteiger partial charge in [0.2, 0.25) is 22.1 Å². The average molecular weight is 1530 g/mol. The molecule has 4 heterocycles. The summed E-state index contributed by atoms with van der Waals surface area (Å²) in [6, 6.07) is 29.8. The van der Waals surface area contributed by atoms with E-state index in [-0.39, 0.29) is 106 Å². The summed E-state index contributed by atoms with van der Waals surface area (Å²) in [6.07, 6.45) is 5.74. The number of Topliss-reactive ketones (excluding diaryl/α,β-unsaturated/α-hetero) is 1. The Kier molecular flexibility index (Phi) is 32.0. The second-order valence-electron chi connectivity index (χ2n) is 25.5. The first kappa shape index (κ1) is 83.3. The van der Waals surface area contributed by atoms with Gasteiger partial charge in [0.25, 0.3) is 32.1 Å². The van der Waals surface area contributed by atoms with Crippen LogP contribution in [0.25, 0.3) is 0 Å². The van der Waals surface area contributed by atoms with E-state index in [1.54, 1.807) is 91.0 Å². The summed E-state index contributed by atoms with van der Waals surface area (Å²) in [5.74, 6) is 18.2. The maximum Gasteiger partial charge on any atom is 0.264 e. The molecule has 3 aromatic heterocycles. The Balaban J connectivity index is 1.20. The van der Waals surface area contributed by atoms with Crippen LogP contribution in [0.5, 0.6) is 17.2 Å². The molecule has 31 heteroatoms. The summed E-state index contributed by atoms with van der Waals surface area (Å²) in [5, 5.41) is 5.36. The van der Waals surface area contributed by atoms with E-state index in [2.05, 4.69) is 67.8 Å². The molecule has 3 unspecified atom stereocenters. The van der Waals surface area contributed by atoms with Crippen molar-refractivity contribution < 1.29 is 82.9 Å². The summed E-state index contributed by atoms with van der Waals surface area (Å²) < 4.78 is 120. The smallest absolute Gasteiger partial charge is 0.264 e. The van der Waals surface area contributed by atoms with Gasteiger partial charge in [0.05, 0.1) is 28.6 Å². The summed E-state index contributed by atoms with van der Waals surface area (Å²) >= 11 is 0. The van der Waals surface area contributed by atoms with E-state index in [0.717, 1.165) is 38.5 Å². The van der Waals surface area contributed by atoms with Crippen molar-refractivity contribution in [2.45, 2.75) is 104 Å². The van der Waals surface area contributed by atoms with Gasteiger partial charge in [0, 0.05) is 131 Å². The van der Waals surface area contributed by atoms with Crippen molar-refractivity contribution in [1.29, 1.82) is 0 Å². The number of amides is 2. The molecule has 1 fully saturated rings. The maximum atomic E-state index is 13.6. The van der Waals surface area contributed by atoms with Crippen LogP contribution >= 0.6 is 22.1 Å². The number of unbranched alkanes of at least 4 members (excludes halogenated alkanes) is 4. The molecule has 4 atom stereocenters. The van der Waals surface area contributed by atoms with Gasteiger partial charge in [-0.1, -0.05) is 75.1 Å². The topological polar surface area (TPSA) is 372 Å². The van der Waals surface area contributed by atoms with Crippen molar-refractivity contribution in [2.24, 2.45) is 0 Å². The standard InChI is InChI=1S/C73H91N8O18P3S2/c1-6-8-10-14-64-51-80(49-62-43-59(46-72(77-62)101(4,87)88)20-17-56-24-32-68(33-25-56)99-54-70(84)75-35-13-41-104(94,95)96)37-36-79(48-61-42-58(45-71(76-61)100(3,85)86)19-16-55-22-28-66(29-23-55)97-52-65(82)15-11-12-40-103(91,92)93)38-39-81(64)50-63-44-60(47-73(78-63)102(5,89)90)21-18-57-26-30-67(31-27-57)98-53-69(83)74-34-9-7-2/h22-33,42-47,64H,6-15,34-41,48-54H2,1-5H3,(H,74,83)(H,75,84)(H,85,86)(H,87,88)(H,89,90)(H,91,92,93)(H,94,95,96)/t64-/m0/s1. The van der Waals surface area contributed by atoms with Crippen LogP contribution in [0, 0.1) is 35.5 Å². The SMILES string of the molecule is CCCCC[C@H]1CN(Cc2cc(C#Cc3ccc(OCC(=O)NCCCS(=O)(=O)O)cc3)cc(P(C)(=O)O)n2)CCN(Cc2cc(C#Cc3ccc(OCC(=O)CCCCS(=O)(=O)O)cc3)cc(P(C)(=O)O)n2)CCN1Cc1cc(C#Cc2ccc(OCC(=O)NCCCC)cc2)cc(P(C)(=O)O)n1. The number of ether oxygens (including phenoxy) is 3. The fourth-order valence-electron chi connectivity index (χ4n) is 10.7. The van der Waals surface area contributed by atoms with Gasteiger partial charge in [-0.15, -0.1) is 0 Å². The zero-order chi connectivity index (χ0) is 75.5. The fraction of sp³-hybridized carbons (Fsp3) is 0.425. The normalized spacial score (nSPS) is 15.6. The van der Waals surface area contributed by atoms with E-state index in [9.17, 15) is 59.6 Å². The average Bonchev–Trinajstić information content (AvgIpc) is 1.04. The van der Waals surface area contributed by atoms with Crippen LogP contribution in [0.1, 0.15) is 129 Å². The Morgan fingerprint density at radius 3 is 1.28 bits per heavy atom. The van der Waals surface area contributed by atoms with Crippen LogP contribution in [0.4, 0.5) is 0 Å². The van der Waals surface area contributed by atoms with Gasteiger partial charge in [-0.25, -0.2) is 15.0 Å². The third-order valence-corrected chi connectivity index (χ3v) is 21.0. The number of benzene rings is 3. The molecule has 1 saturated heterocycles. The van der Waals surface area contributed by atoms with Gasteiger partial charge in [-0.2, -0.15) is 16.8 Å². The first-order chi connectivity index (χ1) is 49.2. The number of carbonyl (C=O) groups is 3. The number of pyridine rings is 3. The molecule has 1 aliphatic rings. The molecular weight excluding hydrogens is 1430 g/mol. The highest BCUT2D eigenvalue weighted by Crippen LogP contribution is 2.36. The maximum absolute atomic E-state index is 13.6. The van der Waals surface area contributed by atoms with E-state index in [1.165, 1.54) is 38.2 Å². The minimum absolute atomic E-state index is 0.0222. The summed E-state index contributed by atoms with van der Waals surface area (Å²) in [6.45, 7) is 10.4. The van der Waals surface area contributed by atoms with Crippen LogP contribution in [0.3, 0.4) is 0 Å². The highest BCUT2D eigenvalue weighted by atomic mass is 32.2. The molecule has 104 heavy (non-hydrogen) atoms. The molecule has 7 N–H and O–H groups in total. The Labute approximate surface area is 609 Å². The summed E-state index contributed by atoms with van der Waals surface area (Å²) in [7, 11) is -20.2. The van der Waals surface area contributed by atoms with Crippen molar-refractivity contribution in [2.75, 3.05) is 97.1 Å². The second kappa shape index (κ2) is 40.0. The highest BCUT2D eigenvalue weighted by molar-refractivity contribution is 7.86. The van der Waals surface area contributed by atoms with E-state index in [1.807, 2.05) is 6.92 Å². The lowest BCUT2D eigenvalue weighted by atomic mass is 10.0. The number of hydrogen-bond acceptors (Lipinski definition) is 19. The molecule has 0 saturated carbocycles. The molecular formula is C73H91N8O18P3S2. The molecule has 2 amide bonds. The fourth-order valence-corrected chi connectivity index (χ4v) is 13.9. The summed E-state index contributed by atoms with van der Waals surface area (Å²) in [4.78, 5) is 91.3. The van der Waals surface area contributed by atoms with Crippen LogP contribution in [-0.2, 0) is 67.9 Å². The Hall–Kier alpha value is -7.93. The van der Waals surface area contributed by atoms with Crippen LogP contribution in [-0.4, -0.2) is 191 Å². The number of carbonyl (C=O) groups excluding carboxylic acids is 3. The van der Waals surface area contributed by atoms with E-state index < -0.39 is 59.8 Å². The number of aromatic nitrogens is 3. The molecule has 1 aliphatic heterocycles. The molecule has 6 aromatic rings. The Morgan fingerprint density at radius 1 is 0.481 bits per heavy atom. The molecule has 0 spiro atoms. The molecule has 0 aliphatic carbocycles. The first-order valence-corrected chi connectivity index (χ1v) is 43.6. The van der Waals surface area contributed by atoms with Crippen LogP contribution < -0.4 is 41.1 Å². The summed E-state index contributed by atoms with van der Waals surface area (Å²) in [5.41, 5.74) is 4.29. The molecule has 26 nitrogen and oxygen atoms in total. The van der Waals surface area contributed by atoms with Gasteiger partial charge in [-0.3, -0.25) is 51.9 Å².